The van der Waals surface area contributed by atoms with E-state index in [-0.39, 0.29) is 5.91 Å². The fraction of sp³-hybridized carbons (Fsp3) is 0.381. The highest BCUT2D eigenvalue weighted by Crippen LogP contribution is 2.37. The van der Waals surface area contributed by atoms with Crippen molar-refractivity contribution >= 4 is 39.0 Å². The van der Waals surface area contributed by atoms with Crippen molar-refractivity contribution in [3.8, 4) is 0 Å². The van der Waals surface area contributed by atoms with E-state index in [1.165, 1.54) is 0 Å². The van der Waals surface area contributed by atoms with E-state index in [2.05, 4.69) is 36.5 Å². The maximum Gasteiger partial charge on any atom is 0.238 e. The number of carbonyl (C=O) groups excluding carboxylic acids is 1. The number of piperazine rings is 1. The number of aromatic nitrogens is 2. The molecule has 144 valence electrons. The number of nitrogens with zero attached hydrogens (tertiary/aromatic N) is 4. The number of benzene rings is 1. The van der Waals surface area contributed by atoms with Crippen LogP contribution in [0.4, 0.5) is 11.5 Å². The second kappa shape index (κ2) is 7.14. The quantitative estimate of drug-likeness (QED) is 0.737. The van der Waals surface area contributed by atoms with E-state index in [1.807, 2.05) is 31.2 Å². The summed E-state index contributed by atoms with van der Waals surface area (Å²) in [6.45, 7) is 4.25. The number of likely N-dealkylation sites (tertiary alicyclic amines) is 1. The molecule has 6 nitrogen and oxygen atoms in total. The first-order valence-electron chi connectivity index (χ1n) is 9.73. The Morgan fingerprint density at radius 3 is 2.75 bits per heavy atom. The number of hydrogen-bond acceptors (Lipinski definition) is 6. The van der Waals surface area contributed by atoms with Crippen LogP contribution in [0.1, 0.15) is 18.4 Å². The smallest absolute Gasteiger partial charge is 0.238 e. The van der Waals surface area contributed by atoms with E-state index in [9.17, 15) is 4.79 Å². The van der Waals surface area contributed by atoms with Crippen LogP contribution < -0.4 is 10.2 Å². The summed E-state index contributed by atoms with van der Waals surface area (Å²) in [6, 6.07) is 10.8. The van der Waals surface area contributed by atoms with Gasteiger partial charge in [0.1, 0.15) is 17.0 Å². The molecule has 28 heavy (non-hydrogen) atoms. The summed E-state index contributed by atoms with van der Waals surface area (Å²) < 4.78 is 0. The van der Waals surface area contributed by atoms with Gasteiger partial charge in [0.15, 0.2) is 0 Å². The lowest BCUT2D eigenvalue weighted by molar-refractivity contribution is -0.117. The number of rotatable bonds is 4. The maximum atomic E-state index is 12.6. The molecule has 0 aliphatic carbocycles. The molecule has 1 amide bonds. The minimum atomic E-state index is 0.0596. The van der Waals surface area contributed by atoms with Crippen LogP contribution in [-0.2, 0) is 4.79 Å². The lowest BCUT2D eigenvalue weighted by Crippen LogP contribution is -2.55. The van der Waals surface area contributed by atoms with Crippen molar-refractivity contribution in [1.82, 2.24) is 14.9 Å². The fourth-order valence-corrected chi connectivity index (χ4v) is 5.28. The number of anilines is 2. The Morgan fingerprint density at radius 1 is 1.18 bits per heavy atom. The highest BCUT2D eigenvalue weighted by Gasteiger charge is 2.41. The Hall–Kier alpha value is -2.51. The summed E-state index contributed by atoms with van der Waals surface area (Å²) in [7, 11) is 0. The van der Waals surface area contributed by atoms with Crippen molar-refractivity contribution in [2.45, 2.75) is 31.8 Å². The standard InChI is InChI=1S/C21H23N5OS/c1-14-4-2-3-5-18(14)24-19(27)12-25-10-15-6-7-16(11-25)26(15)20-17-8-9-28-21(17)23-13-22-20/h2-5,8-9,13,15-16H,6-7,10-12H2,1H3,(H,24,27). The molecule has 4 heterocycles. The van der Waals surface area contributed by atoms with Crippen LogP contribution in [0, 0.1) is 6.92 Å². The average molecular weight is 394 g/mol. The van der Waals surface area contributed by atoms with Crippen LogP contribution in [0.25, 0.3) is 10.2 Å². The Bertz CT molecular complexity index is 1000. The van der Waals surface area contributed by atoms with E-state index in [0.717, 1.165) is 53.2 Å². The predicted octanol–water partition coefficient (Wildman–Crippen LogP) is 3.29. The predicted molar refractivity (Wildman–Crippen MR) is 113 cm³/mol. The van der Waals surface area contributed by atoms with Crippen molar-refractivity contribution in [3.63, 3.8) is 0 Å². The molecule has 2 fully saturated rings. The molecule has 0 spiro atoms. The Morgan fingerprint density at radius 2 is 1.96 bits per heavy atom. The molecular formula is C21H23N5OS. The number of hydrogen-bond donors (Lipinski definition) is 1. The molecule has 0 radical (unpaired) electrons. The summed E-state index contributed by atoms with van der Waals surface area (Å²) in [4.78, 5) is 27.4. The van der Waals surface area contributed by atoms with Crippen LogP contribution >= 0.6 is 11.3 Å². The van der Waals surface area contributed by atoms with Crippen molar-refractivity contribution in [1.29, 1.82) is 0 Å². The summed E-state index contributed by atoms with van der Waals surface area (Å²) in [5.74, 6) is 1.12. The summed E-state index contributed by atoms with van der Waals surface area (Å²) in [5, 5.41) is 6.29. The van der Waals surface area contributed by atoms with Crippen molar-refractivity contribution in [2.75, 3.05) is 29.9 Å². The van der Waals surface area contributed by atoms with E-state index >= 15 is 0 Å². The van der Waals surface area contributed by atoms with Gasteiger partial charge in [-0.1, -0.05) is 18.2 Å². The van der Waals surface area contributed by atoms with Gasteiger partial charge in [-0.05, 0) is 42.8 Å². The maximum absolute atomic E-state index is 12.6. The van der Waals surface area contributed by atoms with E-state index in [0.29, 0.717) is 18.6 Å². The third kappa shape index (κ3) is 3.14. The Kier molecular flexibility index (Phi) is 4.49. The molecule has 3 aromatic rings. The number of fused-ring (bicyclic) bond motifs is 3. The molecule has 2 bridgehead atoms. The second-order valence-electron chi connectivity index (χ2n) is 7.69. The normalized spacial score (nSPS) is 22.0. The molecule has 2 unspecified atom stereocenters. The second-order valence-corrected chi connectivity index (χ2v) is 8.58. The average Bonchev–Trinajstić information content (AvgIpc) is 3.26. The van der Waals surface area contributed by atoms with Gasteiger partial charge in [-0.15, -0.1) is 11.3 Å². The fourth-order valence-electron chi connectivity index (χ4n) is 4.55. The SMILES string of the molecule is Cc1ccccc1NC(=O)CN1CC2CCC(C1)N2c1ncnc2sccc12. The Balaban J connectivity index is 1.29. The van der Waals surface area contributed by atoms with Crippen LogP contribution in [-0.4, -0.2) is 52.5 Å². The van der Waals surface area contributed by atoms with Crippen LogP contribution in [0.3, 0.4) is 0 Å². The minimum absolute atomic E-state index is 0.0596. The topological polar surface area (TPSA) is 61.4 Å². The first-order chi connectivity index (χ1) is 13.7. The first-order valence-corrected chi connectivity index (χ1v) is 10.6. The Labute approximate surface area is 168 Å². The number of carbonyl (C=O) groups is 1. The molecule has 2 aromatic heterocycles. The molecule has 1 aromatic carbocycles. The zero-order chi connectivity index (χ0) is 19.1. The third-order valence-corrected chi connectivity index (χ3v) is 6.65. The van der Waals surface area contributed by atoms with Crippen LogP contribution in [0.5, 0.6) is 0 Å². The van der Waals surface area contributed by atoms with Crippen LogP contribution in [0.2, 0.25) is 0 Å². The monoisotopic (exact) mass is 393 g/mol. The zero-order valence-corrected chi connectivity index (χ0v) is 16.7. The van der Waals surface area contributed by atoms with Gasteiger partial charge in [0.25, 0.3) is 0 Å². The molecule has 0 saturated carbocycles. The van der Waals surface area contributed by atoms with Gasteiger partial charge in [-0.25, -0.2) is 9.97 Å². The van der Waals surface area contributed by atoms with E-state index < -0.39 is 0 Å². The molecule has 2 aliphatic rings. The lowest BCUT2D eigenvalue weighted by atomic mass is 10.1. The van der Waals surface area contributed by atoms with Gasteiger partial charge in [0.2, 0.25) is 5.91 Å². The lowest BCUT2D eigenvalue weighted by Gasteiger charge is -2.41. The molecule has 2 saturated heterocycles. The highest BCUT2D eigenvalue weighted by atomic mass is 32.1. The van der Waals surface area contributed by atoms with E-state index in [4.69, 9.17) is 0 Å². The number of para-hydroxylation sites is 1. The molecule has 2 aliphatic heterocycles. The van der Waals surface area contributed by atoms with Gasteiger partial charge in [-0.3, -0.25) is 9.69 Å². The summed E-state index contributed by atoms with van der Waals surface area (Å²) in [6.07, 6.45) is 3.97. The van der Waals surface area contributed by atoms with Gasteiger partial charge in [0.05, 0.1) is 11.9 Å². The van der Waals surface area contributed by atoms with Gasteiger partial charge in [-0.2, -0.15) is 0 Å². The van der Waals surface area contributed by atoms with Gasteiger partial charge < -0.3 is 10.2 Å². The van der Waals surface area contributed by atoms with Crippen molar-refractivity contribution in [2.24, 2.45) is 0 Å². The molecule has 7 heteroatoms. The molecular weight excluding hydrogens is 370 g/mol. The molecule has 1 N–H and O–H groups in total. The summed E-state index contributed by atoms with van der Waals surface area (Å²) >= 11 is 1.66. The zero-order valence-electron chi connectivity index (χ0n) is 15.8. The van der Waals surface area contributed by atoms with Gasteiger partial charge >= 0.3 is 0 Å². The number of thiophene rings is 1. The van der Waals surface area contributed by atoms with Crippen molar-refractivity contribution in [3.05, 3.63) is 47.6 Å². The number of amides is 1. The number of aryl methyl sites for hydroxylation is 1. The third-order valence-electron chi connectivity index (χ3n) is 5.83. The van der Waals surface area contributed by atoms with Crippen LogP contribution in [0.15, 0.2) is 42.0 Å². The van der Waals surface area contributed by atoms with E-state index in [1.54, 1.807) is 17.7 Å². The highest BCUT2D eigenvalue weighted by molar-refractivity contribution is 7.16. The minimum Gasteiger partial charge on any atom is -0.347 e. The number of nitrogens with one attached hydrogen (secondary N) is 1. The molecule has 2 atom stereocenters. The van der Waals surface area contributed by atoms with Crippen molar-refractivity contribution < 1.29 is 4.79 Å². The summed E-state index contributed by atoms with van der Waals surface area (Å²) in [5.41, 5.74) is 1.99. The van der Waals surface area contributed by atoms with Gasteiger partial charge in [0, 0.05) is 30.9 Å². The first kappa shape index (κ1) is 17.6. The largest absolute Gasteiger partial charge is 0.347 e. The molecule has 5 rings (SSSR count).